The summed E-state index contributed by atoms with van der Waals surface area (Å²) in [5.74, 6) is -0.326. The minimum Gasteiger partial charge on any atom is -0.352 e. The average molecular weight is 618 g/mol. The Balaban J connectivity index is 1.57. The molecule has 38 heavy (non-hydrogen) atoms. The fourth-order valence-corrected chi connectivity index (χ4v) is 6.21. The van der Waals surface area contributed by atoms with Crippen LogP contribution in [0.1, 0.15) is 42.4 Å². The molecule has 0 saturated heterocycles. The number of carbonyl (C=O) groups excluding carboxylic acids is 2. The van der Waals surface area contributed by atoms with Crippen LogP contribution in [0.2, 0.25) is 5.02 Å². The van der Waals surface area contributed by atoms with Crippen molar-refractivity contribution in [2.45, 2.75) is 56.5 Å². The Hall–Kier alpha value is -2.35. The van der Waals surface area contributed by atoms with Crippen LogP contribution in [0.25, 0.3) is 0 Å². The quantitative estimate of drug-likeness (QED) is 0.248. The van der Waals surface area contributed by atoms with E-state index in [1.54, 1.807) is 17.0 Å². The summed E-state index contributed by atoms with van der Waals surface area (Å²) in [5.41, 5.74) is 2.29. The Morgan fingerprint density at radius 1 is 1.00 bits per heavy atom. The van der Waals surface area contributed by atoms with Crippen molar-refractivity contribution in [3.05, 3.63) is 105 Å². The molecule has 0 heterocycles. The molecule has 8 heteroatoms. The van der Waals surface area contributed by atoms with Crippen LogP contribution in [0, 0.1) is 5.82 Å². The van der Waals surface area contributed by atoms with Gasteiger partial charge in [-0.1, -0.05) is 88.9 Å². The third-order valence-corrected chi connectivity index (χ3v) is 8.60. The molecule has 0 aromatic heterocycles. The van der Waals surface area contributed by atoms with Gasteiger partial charge in [-0.15, -0.1) is 11.8 Å². The molecule has 2 amide bonds. The van der Waals surface area contributed by atoms with Crippen LogP contribution in [0.3, 0.4) is 0 Å². The molecule has 1 unspecified atom stereocenters. The van der Waals surface area contributed by atoms with Gasteiger partial charge in [-0.25, -0.2) is 4.39 Å². The van der Waals surface area contributed by atoms with Gasteiger partial charge < -0.3 is 10.2 Å². The predicted octanol–water partition coefficient (Wildman–Crippen LogP) is 7.17. The number of hydrogen-bond acceptors (Lipinski definition) is 3. The van der Waals surface area contributed by atoms with Crippen molar-refractivity contribution in [1.82, 2.24) is 10.2 Å². The number of benzene rings is 3. The minimum atomic E-state index is -0.674. The van der Waals surface area contributed by atoms with E-state index in [0.29, 0.717) is 23.6 Å². The van der Waals surface area contributed by atoms with E-state index in [-0.39, 0.29) is 35.2 Å². The summed E-state index contributed by atoms with van der Waals surface area (Å²) in [4.78, 5) is 29.1. The van der Waals surface area contributed by atoms with E-state index in [2.05, 4.69) is 21.2 Å². The van der Waals surface area contributed by atoms with Gasteiger partial charge >= 0.3 is 0 Å². The zero-order valence-corrected chi connectivity index (χ0v) is 24.2. The molecule has 1 aliphatic carbocycles. The monoisotopic (exact) mass is 616 g/mol. The van der Waals surface area contributed by atoms with Crippen molar-refractivity contribution in [1.29, 1.82) is 0 Å². The van der Waals surface area contributed by atoms with Gasteiger partial charge in [0, 0.05) is 39.8 Å². The fourth-order valence-electron chi connectivity index (χ4n) is 4.70. The Morgan fingerprint density at radius 3 is 2.39 bits per heavy atom. The number of nitrogens with one attached hydrogen (secondary N) is 1. The number of carbonyl (C=O) groups is 2. The summed E-state index contributed by atoms with van der Waals surface area (Å²) in [7, 11) is 0. The molecule has 4 nitrogen and oxygen atoms in total. The second-order valence-electron chi connectivity index (χ2n) is 9.54. The number of nitrogens with zero attached hydrogens (tertiary/aromatic N) is 1. The van der Waals surface area contributed by atoms with E-state index in [0.717, 1.165) is 41.3 Å². The molecule has 4 rings (SSSR count). The molecule has 1 fully saturated rings. The van der Waals surface area contributed by atoms with Crippen LogP contribution in [0.5, 0.6) is 0 Å². The molecule has 0 aliphatic heterocycles. The number of rotatable bonds is 11. The lowest BCUT2D eigenvalue weighted by molar-refractivity contribution is -0.139. The standard InChI is InChI=1S/C30H31BrClFN2O2S/c31-23-15-13-22(14-16-23)18-35(29(36)20-38-19-25-26(32)11-6-12-27(25)33)28(17-21-7-2-1-3-8-21)30(37)34-24-9-4-5-10-24/h1-3,6-8,11-16,24,28H,4-5,9-10,17-20H2,(H,34,37). The maximum absolute atomic E-state index is 14.3. The highest BCUT2D eigenvalue weighted by molar-refractivity contribution is 9.10. The van der Waals surface area contributed by atoms with Gasteiger partial charge in [0.2, 0.25) is 11.8 Å². The maximum Gasteiger partial charge on any atom is 0.243 e. The highest BCUT2D eigenvalue weighted by Crippen LogP contribution is 2.25. The molecule has 3 aromatic carbocycles. The van der Waals surface area contributed by atoms with E-state index in [9.17, 15) is 14.0 Å². The normalized spacial score (nSPS) is 14.3. The van der Waals surface area contributed by atoms with Crippen molar-refractivity contribution in [2.24, 2.45) is 0 Å². The zero-order valence-electron chi connectivity index (χ0n) is 21.0. The second kappa shape index (κ2) is 14.2. The number of thioether (sulfide) groups is 1. The second-order valence-corrected chi connectivity index (χ2v) is 11.8. The van der Waals surface area contributed by atoms with E-state index in [1.807, 2.05) is 54.6 Å². The Kier molecular flexibility index (Phi) is 10.7. The summed E-state index contributed by atoms with van der Waals surface area (Å²) in [6, 6.07) is 21.6. The number of hydrogen-bond donors (Lipinski definition) is 1. The predicted molar refractivity (Wildman–Crippen MR) is 157 cm³/mol. The van der Waals surface area contributed by atoms with E-state index in [4.69, 9.17) is 11.6 Å². The summed E-state index contributed by atoms with van der Waals surface area (Å²) >= 11 is 10.9. The molecule has 1 aliphatic rings. The lowest BCUT2D eigenvalue weighted by Crippen LogP contribution is -2.52. The van der Waals surface area contributed by atoms with Gasteiger partial charge in [0.25, 0.3) is 0 Å². The van der Waals surface area contributed by atoms with Crippen LogP contribution >= 0.6 is 39.3 Å². The summed E-state index contributed by atoms with van der Waals surface area (Å²) < 4.78 is 15.2. The van der Waals surface area contributed by atoms with Crippen molar-refractivity contribution in [2.75, 3.05) is 5.75 Å². The highest BCUT2D eigenvalue weighted by Gasteiger charge is 2.32. The van der Waals surface area contributed by atoms with Crippen molar-refractivity contribution >= 4 is 51.1 Å². The molecule has 1 atom stereocenters. The molecular formula is C30H31BrClFN2O2S. The molecule has 0 radical (unpaired) electrons. The first-order valence-electron chi connectivity index (χ1n) is 12.8. The molecule has 1 saturated carbocycles. The van der Waals surface area contributed by atoms with Crippen LogP contribution in [-0.2, 0) is 28.3 Å². The van der Waals surface area contributed by atoms with Crippen LogP contribution in [-0.4, -0.2) is 34.6 Å². The topological polar surface area (TPSA) is 49.4 Å². The Morgan fingerprint density at radius 2 is 1.71 bits per heavy atom. The zero-order chi connectivity index (χ0) is 26.9. The first-order valence-corrected chi connectivity index (χ1v) is 15.1. The summed E-state index contributed by atoms with van der Waals surface area (Å²) in [5, 5.41) is 3.55. The van der Waals surface area contributed by atoms with Crippen molar-refractivity contribution < 1.29 is 14.0 Å². The van der Waals surface area contributed by atoms with Crippen molar-refractivity contribution in [3.63, 3.8) is 0 Å². The summed E-state index contributed by atoms with van der Waals surface area (Å²) in [6.45, 7) is 0.294. The van der Waals surface area contributed by atoms with Crippen LogP contribution in [0.4, 0.5) is 4.39 Å². The third kappa shape index (κ3) is 8.08. The maximum atomic E-state index is 14.3. The SMILES string of the molecule is O=C(NC1CCCC1)C(Cc1ccccc1)N(Cc1ccc(Br)cc1)C(=O)CSCc1c(F)cccc1Cl. The first kappa shape index (κ1) is 28.7. The Labute approximate surface area is 241 Å². The minimum absolute atomic E-state index is 0.100. The van der Waals surface area contributed by atoms with Crippen LogP contribution < -0.4 is 5.32 Å². The van der Waals surface area contributed by atoms with Gasteiger partial charge in [-0.05, 0) is 48.2 Å². The van der Waals surface area contributed by atoms with Gasteiger partial charge in [-0.2, -0.15) is 0 Å². The molecule has 200 valence electrons. The third-order valence-electron chi connectivity index (χ3n) is 6.77. The number of halogens is 3. The lowest BCUT2D eigenvalue weighted by atomic mass is 10.0. The number of amides is 2. The Bertz CT molecular complexity index is 1200. The lowest BCUT2D eigenvalue weighted by Gasteiger charge is -2.32. The van der Waals surface area contributed by atoms with E-state index >= 15 is 0 Å². The molecular weight excluding hydrogens is 587 g/mol. The fraction of sp³-hybridized carbons (Fsp3) is 0.333. The van der Waals surface area contributed by atoms with Crippen LogP contribution in [0.15, 0.2) is 77.3 Å². The first-order chi connectivity index (χ1) is 18.4. The smallest absolute Gasteiger partial charge is 0.243 e. The van der Waals surface area contributed by atoms with E-state index < -0.39 is 6.04 Å². The van der Waals surface area contributed by atoms with Gasteiger partial charge in [0.05, 0.1) is 5.75 Å². The summed E-state index contributed by atoms with van der Waals surface area (Å²) in [6.07, 6.45) is 4.54. The molecule has 3 aromatic rings. The molecule has 0 bridgehead atoms. The van der Waals surface area contributed by atoms with Gasteiger partial charge in [0.15, 0.2) is 0 Å². The molecule has 0 spiro atoms. The average Bonchev–Trinajstić information content (AvgIpc) is 3.42. The highest BCUT2D eigenvalue weighted by atomic mass is 79.9. The largest absolute Gasteiger partial charge is 0.352 e. The van der Waals surface area contributed by atoms with Crippen molar-refractivity contribution in [3.8, 4) is 0 Å². The van der Waals surface area contributed by atoms with Gasteiger partial charge in [0.1, 0.15) is 11.9 Å². The molecule has 1 N–H and O–H groups in total. The van der Waals surface area contributed by atoms with Gasteiger partial charge in [-0.3, -0.25) is 9.59 Å². The van der Waals surface area contributed by atoms with E-state index in [1.165, 1.54) is 17.8 Å².